The van der Waals surface area contributed by atoms with Gasteiger partial charge >= 0.3 is 5.97 Å². The minimum absolute atomic E-state index is 0.202. The molecule has 0 radical (unpaired) electrons. The van der Waals surface area contributed by atoms with E-state index in [1.807, 2.05) is 18.2 Å². The summed E-state index contributed by atoms with van der Waals surface area (Å²) < 4.78 is 10.0. The number of allylic oxidation sites excluding steroid dienone is 1. The van der Waals surface area contributed by atoms with E-state index in [1.54, 1.807) is 19.1 Å². The molecule has 6 nitrogen and oxygen atoms in total. The van der Waals surface area contributed by atoms with Crippen LogP contribution in [0.25, 0.3) is 11.0 Å². The summed E-state index contributed by atoms with van der Waals surface area (Å²) in [5, 5.41) is 3.50. The van der Waals surface area contributed by atoms with Crippen LogP contribution in [0.15, 0.2) is 40.8 Å². The smallest absolute Gasteiger partial charge is 0.330 e. The molecule has 126 valence electrons. The van der Waals surface area contributed by atoms with Gasteiger partial charge in [-0.2, -0.15) is 0 Å². The van der Waals surface area contributed by atoms with Crippen LogP contribution < -0.4 is 5.32 Å². The molecule has 0 saturated heterocycles. The van der Waals surface area contributed by atoms with Crippen LogP contribution >= 0.6 is 0 Å². The summed E-state index contributed by atoms with van der Waals surface area (Å²) in [5.41, 5.74) is 1.36. The first-order chi connectivity index (χ1) is 11.6. The quantitative estimate of drug-likeness (QED) is 0.479. The normalized spacial score (nSPS) is 12.2. The molecule has 1 unspecified atom stereocenters. The second-order valence-electron chi connectivity index (χ2n) is 5.27. The Hall–Kier alpha value is -2.89. The Morgan fingerprint density at radius 1 is 1.33 bits per heavy atom. The second-order valence-corrected chi connectivity index (χ2v) is 5.27. The van der Waals surface area contributed by atoms with Crippen LogP contribution in [-0.4, -0.2) is 31.3 Å². The van der Waals surface area contributed by atoms with Crippen LogP contribution in [0.2, 0.25) is 0 Å². The van der Waals surface area contributed by atoms with Crippen LogP contribution in [0.4, 0.5) is 0 Å². The van der Waals surface area contributed by atoms with Crippen molar-refractivity contribution in [1.29, 1.82) is 0 Å². The standard InChI is InChI=1S/C18H19NO5/c1-12-14-8-4-5-9-15(14)24-17(12)18(22)19-13(11-20)7-3-6-10-16(21)23-2/h4-6,8-11,13H,3,7H2,1-2H3,(H,19,22)/b10-6+. The molecule has 0 fully saturated rings. The molecule has 0 spiro atoms. The number of carbonyl (C=O) groups is 3. The number of furan rings is 1. The number of amides is 1. The molecule has 2 aromatic rings. The van der Waals surface area contributed by atoms with E-state index < -0.39 is 17.9 Å². The molecular weight excluding hydrogens is 310 g/mol. The number of nitrogens with one attached hydrogen (secondary N) is 1. The maximum atomic E-state index is 12.3. The summed E-state index contributed by atoms with van der Waals surface area (Å²) in [5.74, 6) is -0.689. The number of methoxy groups -OCH3 is 1. The van der Waals surface area contributed by atoms with E-state index in [2.05, 4.69) is 10.1 Å². The van der Waals surface area contributed by atoms with Gasteiger partial charge in [-0.25, -0.2) is 4.79 Å². The Bertz CT molecular complexity index is 775. The van der Waals surface area contributed by atoms with Gasteiger partial charge in [-0.05, 0) is 25.8 Å². The van der Waals surface area contributed by atoms with E-state index in [-0.39, 0.29) is 5.76 Å². The lowest BCUT2D eigenvalue weighted by Crippen LogP contribution is -2.36. The molecule has 1 N–H and O–H groups in total. The van der Waals surface area contributed by atoms with Crippen molar-refractivity contribution in [2.24, 2.45) is 0 Å². The lowest BCUT2D eigenvalue weighted by Gasteiger charge is -2.10. The topological polar surface area (TPSA) is 85.6 Å². The molecule has 24 heavy (non-hydrogen) atoms. The molecule has 6 heteroatoms. The van der Waals surface area contributed by atoms with Gasteiger partial charge in [-0.3, -0.25) is 4.79 Å². The highest BCUT2D eigenvalue weighted by atomic mass is 16.5. The Morgan fingerprint density at radius 3 is 2.75 bits per heavy atom. The van der Waals surface area contributed by atoms with Crippen molar-refractivity contribution >= 4 is 29.1 Å². The molecule has 1 heterocycles. The number of carbonyl (C=O) groups excluding carboxylic acids is 3. The fourth-order valence-corrected chi connectivity index (χ4v) is 2.32. The Kier molecular flexibility index (Phi) is 5.89. The minimum atomic E-state index is -0.660. The molecule has 2 rings (SSSR count). The number of benzene rings is 1. The predicted molar refractivity (Wildman–Crippen MR) is 88.7 cm³/mol. The molecule has 0 aliphatic heterocycles. The second kappa shape index (κ2) is 8.10. The van der Waals surface area contributed by atoms with Crippen LogP contribution in [0, 0.1) is 6.92 Å². The zero-order valence-electron chi connectivity index (χ0n) is 13.6. The molecule has 1 amide bonds. The Labute approximate surface area is 139 Å². The van der Waals surface area contributed by atoms with Gasteiger partial charge in [-0.1, -0.05) is 24.3 Å². The summed E-state index contributed by atoms with van der Waals surface area (Å²) in [6.07, 6.45) is 4.38. The Morgan fingerprint density at radius 2 is 2.08 bits per heavy atom. The molecule has 0 aliphatic rings. The summed E-state index contributed by atoms with van der Waals surface area (Å²) in [6, 6.07) is 6.70. The minimum Gasteiger partial charge on any atom is -0.466 e. The summed E-state index contributed by atoms with van der Waals surface area (Å²) in [6.45, 7) is 1.80. The molecular formula is C18H19NO5. The van der Waals surface area contributed by atoms with Gasteiger partial charge in [0.25, 0.3) is 5.91 Å². The average molecular weight is 329 g/mol. The average Bonchev–Trinajstić information content (AvgIpc) is 2.94. The summed E-state index contributed by atoms with van der Waals surface area (Å²) in [4.78, 5) is 34.4. The van der Waals surface area contributed by atoms with Crippen LogP contribution in [0.5, 0.6) is 0 Å². The van der Waals surface area contributed by atoms with Crippen LogP contribution in [0.1, 0.15) is 29.0 Å². The van der Waals surface area contributed by atoms with E-state index >= 15 is 0 Å². The van der Waals surface area contributed by atoms with Crippen molar-refractivity contribution in [3.8, 4) is 0 Å². The SMILES string of the molecule is COC(=O)/C=C/CCC(C=O)NC(=O)c1oc2ccccc2c1C. The van der Waals surface area contributed by atoms with Gasteiger partial charge in [0.15, 0.2) is 5.76 Å². The highest BCUT2D eigenvalue weighted by molar-refractivity contribution is 5.99. The third kappa shape index (κ3) is 4.10. The molecule has 0 aliphatic carbocycles. The van der Waals surface area contributed by atoms with Crippen molar-refractivity contribution in [2.75, 3.05) is 7.11 Å². The van der Waals surface area contributed by atoms with Gasteiger partial charge in [-0.15, -0.1) is 0 Å². The van der Waals surface area contributed by atoms with Gasteiger partial charge in [0, 0.05) is 17.0 Å². The zero-order chi connectivity index (χ0) is 17.5. The monoisotopic (exact) mass is 329 g/mol. The number of fused-ring (bicyclic) bond motifs is 1. The highest BCUT2D eigenvalue weighted by Crippen LogP contribution is 2.24. The van der Waals surface area contributed by atoms with Gasteiger partial charge < -0.3 is 19.3 Å². The number of rotatable bonds is 7. The highest BCUT2D eigenvalue weighted by Gasteiger charge is 2.20. The van der Waals surface area contributed by atoms with E-state index in [0.717, 1.165) is 10.9 Å². The van der Waals surface area contributed by atoms with E-state index in [1.165, 1.54) is 13.2 Å². The first-order valence-electron chi connectivity index (χ1n) is 7.55. The fraction of sp³-hybridized carbons (Fsp3) is 0.278. The van der Waals surface area contributed by atoms with Gasteiger partial charge in [0.1, 0.15) is 11.9 Å². The number of hydrogen-bond donors (Lipinski definition) is 1. The number of esters is 1. The maximum absolute atomic E-state index is 12.3. The third-order valence-electron chi connectivity index (χ3n) is 3.63. The number of aldehydes is 1. The zero-order valence-corrected chi connectivity index (χ0v) is 13.6. The number of aryl methyl sites for hydroxylation is 1. The van der Waals surface area contributed by atoms with Crippen molar-refractivity contribution in [2.45, 2.75) is 25.8 Å². The molecule has 1 aromatic heterocycles. The van der Waals surface area contributed by atoms with Crippen LogP contribution in [0.3, 0.4) is 0 Å². The Balaban J connectivity index is 2.00. The fourth-order valence-electron chi connectivity index (χ4n) is 2.32. The van der Waals surface area contributed by atoms with E-state index in [9.17, 15) is 14.4 Å². The number of ether oxygens (including phenoxy) is 1. The van der Waals surface area contributed by atoms with Crippen molar-refractivity contribution < 1.29 is 23.5 Å². The first-order valence-corrected chi connectivity index (χ1v) is 7.55. The van der Waals surface area contributed by atoms with Crippen LogP contribution in [-0.2, 0) is 14.3 Å². The van der Waals surface area contributed by atoms with Gasteiger partial charge in [0.05, 0.1) is 13.2 Å². The third-order valence-corrected chi connectivity index (χ3v) is 3.63. The summed E-state index contributed by atoms with van der Waals surface area (Å²) in [7, 11) is 1.29. The lowest BCUT2D eigenvalue weighted by molar-refractivity contribution is -0.134. The molecule has 1 aromatic carbocycles. The molecule has 0 saturated carbocycles. The van der Waals surface area contributed by atoms with Crippen molar-refractivity contribution in [3.63, 3.8) is 0 Å². The molecule has 1 atom stereocenters. The predicted octanol–water partition coefficient (Wildman–Crippen LogP) is 2.55. The lowest BCUT2D eigenvalue weighted by atomic mass is 10.1. The first kappa shape index (κ1) is 17.5. The van der Waals surface area contributed by atoms with E-state index in [0.29, 0.717) is 24.7 Å². The number of hydrogen-bond acceptors (Lipinski definition) is 5. The van der Waals surface area contributed by atoms with Crippen molar-refractivity contribution in [1.82, 2.24) is 5.32 Å². The largest absolute Gasteiger partial charge is 0.466 e. The summed E-state index contributed by atoms with van der Waals surface area (Å²) >= 11 is 0. The van der Waals surface area contributed by atoms with Gasteiger partial charge in [0.2, 0.25) is 0 Å². The van der Waals surface area contributed by atoms with E-state index in [4.69, 9.17) is 4.42 Å². The maximum Gasteiger partial charge on any atom is 0.330 e. The van der Waals surface area contributed by atoms with Crippen molar-refractivity contribution in [3.05, 3.63) is 47.7 Å². The molecule has 0 bridgehead atoms. The number of para-hydroxylation sites is 1.